The average Bonchev–Trinajstić information content (AvgIpc) is 3.54. The van der Waals surface area contributed by atoms with Gasteiger partial charge in [-0.05, 0) is 173 Å². The molecular weight excluding hydrogens is 1120 g/mol. The van der Waals surface area contributed by atoms with Gasteiger partial charge in [-0.2, -0.15) is 0 Å². The van der Waals surface area contributed by atoms with Crippen LogP contribution in [0.3, 0.4) is 0 Å². The van der Waals surface area contributed by atoms with Crippen molar-refractivity contribution in [3.05, 3.63) is 208 Å². The number of carboxylic acids is 1. The Balaban J connectivity index is 0.000000555. The van der Waals surface area contributed by atoms with Crippen molar-refractivity contribution in [2.24, 2.45) is 29.4 Å². The Morgan fingerprint density at radius 2 is 0.795 bits per heavy atom. The van der Waals surface area contributed by atoms with Gasteiger partial charge in [-0.3, -0.25) is 14.4 Å². The maximum Gasteiger partial charge on any atom is 0.337 e. The van der Waals surface area contributed by atoms with Gasteiger partial charge in [0.15, 0.2) is 0 Å². The summed E-state index contributed by atoms with van der Waals surface area (Å²) in [6.07, 6.45) is -0.468. The number of aromatic carboxylic acids is 1. The molecule has 0 aliphatic rings. The van der Waals surface area contributed by atoms with E-state index in [9.17, 15) is 33.9 Å². The van der Waals surface area contributed by atoms with Crippen molar-refractivity contribution < 1.29 is 58.2 Å². The van der Waals surface area contributed by atoms with Gasteiger partial charge in [0.05, 0.1) is 55.3 Å². The Morgan fingerprint density at radius 3 is 1.07 bits per heavy atom. The van der Waals surface area contributed by atoms with E-state index in [0.717, 1.165) is 51.4 Å². The molecule has 8 N–H and O–H groups in total. The highest BCUT2D eigenvalue weighted by Gasteiger charge is 2.14. The van der Waals surface area contributed by atoms with Crippen molar-refractivity contribution in [2.75, 3.05) is 40.6 Å². The number of ether oxygens (including phenoxy) is 5. The lowest BCUT2D eigenvalue weighted by Crippen LogP contribution is -2.27. The molecule has 0 saturated carbocycles. The summed E-state index contributed by atoms with van der Waals surface area (Å²) in [5.41, 5.74) is 15.8. The third kappa shape index (κ3) is 30.4. The molecule has 1 amide bonds. The van der Waals surface area contributed by atoms with Crippen LogP contribution < -0.4 is 22.2 Å². The molecule has 0 saturated heterocycles. The molecule has 2 heterocycles. The number of nitrogens with two attached hydrogens (primary N) is 1. The molecule has 2 aromatic heterocycles. The van der Waals surface area contributed by atoms with Crippen LogP contribution in [0.15, 0.2) is 119 Å². The Kier molecular flexibility index (Phi) is 37.0. The van der Waals surface area contributed by atoms with Crippen LogP contribution in [0.4, 0.5) is 0 Å². The number of carbonyl (C=O) groups is 4. The Bertz CT molecular complexity index is 3110. The number of nitrogens with one attached hydrogen (secondary N) is 3. The number of aromatic amines is 2. The molecule has 18 heteroatoms. The van der Waals surface area contributed by atoms with Gasteiger partial charge in [-0.25, -0.2) is 14.4 Å². The number of aromatic nitrogens is 2. The molecule has 0 spiro atoms. The van der Waals surface area contributed by atoms with Crippen molar-refractivity contribution in [3.8, 4) is 0 Å². The summed E-state index contributed by atoms with van der Waals surface area (Å²) >= 11 is 0. The van der Waals surface area contributed by atoms with Crippen molar-refractivity contribution in [2.45, 2.75) is 148 Å². The number of carbonyl (C=O) groups excluding carboxylic acids is 3. The predicted molar refractivity (Wildman–Crippen MR) is 348 cm³/mol. The SMILES string of the molecule is CC(C)CO.CC(C)COC(C)c1ccc(C(=O)O)cc1.COC(=O)c1ccc(C(C)O)cc1.COC(=O)c1ccc(C(C)OCC(C)C)cc1.Cc1cc(C)c(CN)c(=O)[nH]1.Cc1cc(C)c(CNC(=O)c2ccc(C(C)OCC(C)C)cc2)c(=O)[nH]1. The molecule has 4 aromatic carbocycles. The predicted octanol–water partition coefficient (Wildman–Crippen LogP) is 12.6. The summed E-state index contributed by atoms with van der Waals surface area (Å²) in [6, 6.07) is 32.0. The largest absolute Gasteiger partial charge is 0.478 e. The molecular formula is C70H100N4O14. The summed E-state index contributed by atoms with van der Waals surface area (Å²) < 4.78 is 26.3. The molecule has 0 bridgehead atoms. The number of H-pyrrole nitrogens is 2. The lowest BCUT2D eigenvalue weighted by Gasteiger charge is -2.15. The van der Waals surface area contributed by atoms with Crippen molar-refractivity contribution in [1.82, 2.24) is 15.3 Å². The van der Waals surface area contributed by atoms with Crippen LogP contribution in [0.25, 0.3) is 0 Å². The second kappa shape index (κ2) is 41.5. The van der Waals surface area contributed by atoms with E-state index >= 15 is 0 Å². The maximum atomic E-state index is 12.3. The normalized spacial score (nSPS) is 12.0. The van der Waals surface area contributed by atoms with Gasteiger partial charge in [-0.15, -0.1) is 0 Å². The number of methoxy groups -OCH3 is 2. The molecule has 6 aromatic rings. The molecule has 0 radical (unpaired) electrons. The minimum absolute atomic E-state index is 0.00486. The van der Waals surface area contributed by atoms with Gasteiger partial charge in [0, 0.05) is 67.6 Å². The minimum atomic E-state index is -0.901. The van der Waals surface area contributed by atoms with Gasteiger partial charge in [0.1, 0.15) is 0 Å². The fourth-order valence-electron chi connectivity index (χ4n) is 7.63. The number of aryl methyl sites for hydroxylation is 4. The highest BCUT2D eigenvalue weighted by atomic mass is 16.5. The van der Waals surface area contributed by atoms with Crippen LogP contribution in [0.5, 0.6) is 0 Å². The van der Waals surface area contributed by atoms with Crippen molar-refractivity contribution >= 4 is 23.8 Å². The number of aliphatic hydroxyl groups is 2. The molecule has 6 rings (SSSR count). The van der Waals surface area contributed by atoms with Gasteiger partial charge >= 0.3 is 17.9 Å². The Morgan fingerprint density at radius 1 is 0.489 bits per heavy atom. The Labute approximate surface area is 521 Å². The van der Waals surface area contributed by atoms with Crippen LogP contribution in [0.2, 0.25) is 0 Å². The summed E-state index contributed by atoms with van der Waals surface area (Å²) in [7, 11) is 2.72. The van der Waals surface area contributed by atoms with E-state index < -0.39 is 12.1 Å². The maximum absolute atomic E-state index is 12.3. The number of amides is 1. The monoisotopic (exact) mass is 1220 g/mol. The van der Waals surface area contributed by atoms with Crippen LogP contribution in [0.1, 0.15) is 205 Å². The van der Waals surface area contributed by atoms with Crippen molar-refractivity contribution in [1.29, 1.82) is 0 Å². The van der Waals surface area contributed by atoms with Crippen LogP contribution in [-0.4, -0.2) is 89.7 Å². The second-order valence-electron chi connectivity index (χ2n) is 22.9. The second-order valence-corrected chi connectivity index (χ2v) is 22.9. The summed E-state index contributed by atoms with van der Waals surface area (Å²) in [5.74, 6) is 0.164. The first-order valence-corrected chi connectivity index (χ1v) is 29.7. The van der Waals surface area contributed by atoms with Gasteiger partial charge < -0.3 is 60.0 Å². The first-order chi connectivity index (χ1) is 41.4. The lowest BCUT2D eigenvalue weighted by atomic mass is 10.1. The number of rotatable bonds is 21. The molecule has 0 aliphatic carbocycles. The third-order valence-electron chi connectivity index (χ3n) is 12.9. The van der Waals surface area contributed by atoms with E-state index in [2.05, 4.69) is 66.3 Å². The van der Waals surface area contributed by atoms with E-state index in [-0.39, 0.29) is 53.8 Å². The zero-order chi connectivity index (χ0) is 66.8. The number of hydrogen-bond donors (Lipinski definition) is 7. The number of aliphatic hydroxyl groups excluding tert-OH is 2. The Hall–Kier alpha value is -7.58. The van der Waals surface area contributed by atoms with E-state index in [0.29, 0.717) is 83.4 Å². The zero-order valence-electron chi connectivity index (χ0n) is 55.2. The fourth-order valence-corrected chi connectivity index (χ4v) is 7.63. The van der Waals surface area contributed by atoms with Crippen LogP contribution in [-0.2, 0) is 36.8 Å². The number of hydrogen-bond acceptors (Lipinski definition) is 14. The van der Waals surface area contributed by atoms with Gasteiger partial charge in [-0.1, -0.05) is 104 Å². The minimum Gasteiger partial charge on any atom is -0.478 e. The summed E-state index contributed by atoms with van der Waals surface area (Å²) in [4.78, 5) is 73.9. The zero-order valence-corrected chi connectivity index (χ0v) is 55.2. The van der Waals surface area contributed by atoms with E-state index in [4.69, 9.17) is 30.2 Å². The number of benzene rings is 4. The standard InChI is InChI=1S/C21H28N2O3.C14H20O3.C13H18O3.C10H12O3.C8H12N2O.C4H10O/c1-13(2)12-26-16(5)17-6-8-18(9-7-17)20(24)22-11-19-14(3)10-15(4)23-21(19)25;1-10(2)9-17-11(3)12-5-7-13(8-6-12)14(15)16-4;1-9(2)8-16-10(3)11-4-6-12(7-5-11)13(14)15;1-7(11)8-3-5-9(6-4-8)10(12)13-2;1-5-3-6(2)10-8(11)7(5)4-9;1-4(2)3-5/h6-10,13,16H,11-12H2,1-5H3,(H,22,24)(H,23,25);5-8,10-11H,9H2,1-4H3;4-7,9-10H,8H2,1-3H3,(H,14,15);3-7,11H,1-2H3;3H,4,9H2,1-2H3,(H,10,11);4-5H,3H2,1-2H3. The molecule has 4 unspecified atom stereocenters. The molecule has 484 valence electrons. The number of carboxylic acid groups (broad SMARTS) is 1. The van der Waals surface area contributed by atoms with Gasteiger partial charge in [0.2, 0.25) is 0 Å². The number of esters is 2. The van der Waals surface area contributed by atoms with E-state index in [1.165, 1.54) is 14.2 Å². The quantitative estimate of drug-likeness (QED) is 0.0330. The van der Waals surface area contributed by atoms with Gasteiger partial charge in [0.25, 0.3) is 17.0 Å². The molecule has 0 fully saturated rings. The van der Waals surface area contributed by atoms with E-state index in [1.807, 2.05) is 98.7 Å². The molecule has 18 nitrogen and oxygen atoms in total. The average molecular weight is 1220 g/mol. The highest BCUT2D eigenvalue weighted by Crippen LogP contribution is 2.21. The summed E-state index contributed by atoms with van der Waals surface area (Å²) in [5, 5.41) is 28.9. The molecule has 88 heavy (non-hydrogen) atoms. The lowest BCUT2D eigenvalue weighted by molar-refractivity contribution is 0.0468. The van der Waals surface area contributed by atoms with E-state index in [1.54, 1.807) is 79.7 Å². The third-order valence-corrected chi connectivity index (χ3v) is 12.9. The highest BCUT2D eigenvalue weighted by molar-refractivity contribution is 5.94. The molecule has 4 atom stereocenters. The summed E-state index contributed by atoms with van der Waals surface area (Å²) in [6.45, 7) is 34.7. The van der Waals surface area contributed by atoms with Crippen LogP contribution in [0, 0.1) is 51.4 Å². The fraction of sp³-hybridized carbons (Fsp3) is 0.457. The topological polar surface area (TPSA) is 279 Å². The van der Waals surface area contributed by atoms with Crippen LogP contribution >= 0.6 is 0 Å². The first kappa shape index (κ1) is 78.4. The smallest absolute Gasteiger partial charge is 0.337 e. The van der Waals surface area contributed by atoms with Crippen molar-refractivity contribution in [3.63, 3.8) is 0 Å². The first-order valence-electron chi connectivity index (χ1n) is 29.7. The number of pyridine rings is 2. The molecule has 0 aliphatic heterocycles.